The Morgan fingerprint density at radius 3 is 2.53 bits per heavy atom. The van der Waals surface area contributed by atoms with E-state index in [1.54, 1.807) is 32.3 Å². The van der Waals surface area contributed by atoms with Gasteiger partial charge in [-0.25, -0.2) is 0 Å². The van der Waals surface area contributed by atoms with Gasteiger partial charge < -0.3 is 14.9 Å². The molecule has 2 rings (SSSR count). The first kappa shape index (κ1) is 11.4. The minimum Gasteiger partial charge on any atom is -0.508 e. The van der Waals surface area contributed by atoms with E-state index in [1.165, 1.54) is 15.9 Å². The molecule has 2 amide bonds. The summed E-state index contributed by atoms with van der Waals surface area (Å²) >= 11 is 0. The Bertz CT molecular complexity index is 473. The van der Waals surface area contributed by atoms with Gasteiger partial charge in [-0.1, -0.05) is 18.2 Å². The molecule has 1 saturated heterocycles. The molecule has 0 bridgehead atoms. The zero-order valence-corrected chi connectivity index (χ0v) is 9.75. The number of phenolic OH excluding ortho intramolecular Hbond substituents is 1. The van der Waals surface area contributed by atoms with E-state index in [9.17, 15) is 14.7 Å². The highest BCUT2D eigenvalue weighted by atomic mass is 16.3. The monoisotopic (exact) mass is 234 g/mol. The molecule has 0 aliphatic carbocycles. The fourth-order valence-electron chi connectivity index (χ4n) is 1.97. The molecule has 5 heteroatoms. The zero-order valence-electron chi connectivity index (χ0n) is 9.75. The number of hydrogen-bond donors (Lipinski definition) is 1. The molecule has 1 heterocycles. The SMILES string of the molecule is CN1CC(=O)N(C)[C@H](c2ccccc2O)C1=O. The van der Waals surface area contributed by atoms with E-state index < -0.39 is 6.04 Å². The highest BCUT2D eigenvalue weighted by Crippen LogP contribution is 2.31. The van der Waals surface area contributed by atoms with Crippen molar-refractivity contribution in [3.05, 3.63) is 29.8 Å². The highest BCUT2D eigenvalue weighted by Gasteiger charge is 2.37. The van der Waals surface area contributed by atoms with E-state index in [4.69, 9.17) is 0 Å². The Kier molecular flexibility index (Phi) is 2.75. The average molecular weight is 234 g/mol. The van der Waals surface area contributed by atoms with Crippen LogP contribution in [0.1, 0.15) is 11.6 Å². The number of benzene rings is 1. The Labute approximate surface area is 99.3 Å². The zero-order chi connectivity index (χ0) is 12.6. The largest absolute Gasteiger partial charge is 0.508 e. The molecule has 1 fully saturated rings. The fraction of sp³-hybridized carbons (Fsp3) is 0.333. The third-order valence-corrected chi connectivity index (χ3v) is 2.99. The number of amides is 2. The van der Waals surface area contributed by atoms with Crippen molar-refractivity contribution in [1.82, 2.24) is 9.80 Å². The quantitative estimate of drug-likeness (QED) is 0.763. The predicted molar refractivity (Wildman–Crippen MR) is 61.3 cm³/mol. The second kappa shape index (κ2) is 4.08. The number of aromatic hydroxyl groups is 1. The Morgan fingerprint density at radius 1 is 1.24 bits per heavy atom. The molecule has 0 spiro atoms. The highest BCUT2D eigenvalue weighted by molar-refractivity contribution is 5.95. The number of hydrogen-bond acceptors (Lipinski definition) is 3. The van der Waals surface area contributed by atoms with Gasteiger partial charge in [-0.15, -0.1) is 0 Å². The minimum atomic E-state index is -0.734. The predicted octanol–water partition coefficient (Wildman–Crippen LogP) is 0.364. The third kappa shape index (κ3) is 1.84. The summed E-state index contributed by atoms with van der Waals surface area (Å²) in [4.78, 5) is 26.5. The molecule has 90 valence electrons. The standard InChI is InChI=1S/C12H14N2O3/c1-13-7-10(16)14(2)11(12(13)17)8-5-3-4-6-9(8)15/h3-6,11,15H,7H2,1-2H3/t11-/m1/s1. The van der Waals surface area contributed by atoms with Crippen molar-refractivity contribution in [2.45, 2.75) is 6.04 Å². The van der Waals surface area contributed by atoms with E-state index >= 15 is 0 Å². The van der Waals surface area contributed by atoms with E-state index in [0.717, 1.165) is 0 Å². The van der Waals surface area contributed by atoms with E-state index in [-0.39, 0.29) is 24.1 Å². The molecule has 1 aromatic carbocycles. The average Bonchev–Trinajstić information content (AvgIpc) is 2.29. The van der Waals surface area contributed by atoms with Crippen LogP contribution in [0.3, 0.4) is 0 Å². The van der Waals surface area contributed by atoms with Gasteiger partial charge in [0.05, 0.1) is 6.54 Å². The number of carbonyl (C=O) groups excluding carboxylic acids is 2. The maximum absolute atomic E-state index is 12.1. The van der Waals surface area contributed by atoms with Crippen LogP contribution >= 0.6 is 0 Å². The van der Waals surface area contributed by atoms with Crippen molar-refractivity contribution in [3.8, 4) is 5.75 Å². The summed E-state index contributed by atoms with van der Waals surface area (Å²) < 4.78 is 0. The smallest absolute Gasteiger partial charge is 0.250 e. The van der Waals surface area contributed by atoms with Crippen molar-refractivity contribution in [1.29, 1.82) is 0 Å². The summed E-state index contributed by atoms with van der Waals surface area (Å²) in [6.45, 7) is 0.0828. The summed E-state index contributed by atoms with van der Waals surface area (Å²) in [5.41, 5.74) is 0.458. The van der Waals surface area contributed by atoms with Crippen molar-refractivity contribution in [3.63, 3.8) is 0 Å². The van der Waals surface area contributed by atoms with Gasteiger partial charge in [-0.05, 0) is 6.07 Å². The fourth-order valence-corrected chi connectivity index (χ4v) is 1.97. The Hall–Kier alpha value is -2.04. The van der Waals surface area contributed by atoms with Gasteiger partial charge in [0.15, 0.2) is 0 Å². The first-order valence-electron chi connectivity index (χ1n) is 5.31. The van der Waals surface area contributed by atoms with Crippen LogP contribution in [0.25, 0.3) is 0 Å². The van der Waals surface area contributed by atoms with Gasteiger partial charge in [-0.2, -0.15) is 0 Å². The molecule has 1 aliphatic heterocycles. The molecular weight excluding hydrogens is 220 g/mol. The van der Waals surface area contributed by atoms with Crippen LogP contribution in [0.15, 0.2) is 24.3 Å². The van der Waals surface area contributed by atoms with Crippen molar-refractivity contribution < 1.29 is 14.7 Å². The molecule has 1 atom stereocenters. The maximum atomic E-state index is 12.1. The van der Waals surface area contributed by atoms with E-state index in [0.29, 0.717) is 5.56 Å². The molecule has 1 N–H and O–H groups in total. The van der Waals surface area contributed by atoms with Gasteiger partial charge in [0.25, 0.3) is 0 Å². The first-order valence-corrected chi connectivity index (χ1v) is 5.31. The molecule has 1 aromatic rings. The van der Waals surface area contributed by atoms with Crippen molar-refractivity contribution in [2.75, 3.05) is 20.6 Å². The molecule has 5 nitrogen and oxygen atoms in total. The minimum absolute atomic E-state index is 0.0285. The van der Waals surface area contributed by atoms with Crippen LogP contribution in [-0.2, 0) is 9.59 Å². The number of phenols is 1. The number of carbonyl (C=O) groups is 2. The first-order chi connectivity index (χ1) is 8.02. The molecule has 0 aromatic heterocycles. The number of likely N-dealkylation sites (N-methyl/N-ethyl adjacent to an activating group) is 2. The summed E-state index contributed by atoms with van der Waals surface area (Å²) in [5, 5.41) is 9.76. The molecule has 0 saturated carbocycles. The Balaban J connectivity index is 2.45. The summed E-state index contributed by atoms with van der Waals surface area (Å²) in [6.07, 6.45) is 0. The van der Waals surface area contributed by atoms with Crippen molar-refractivity contribution >= 4 is 11.8 Å². The summed E-state index contributed by atoms with van der Waals surface area (Å²) in [7, 11) is 3.16. The van der Waals surface area contributed by atoms with E-state index in [1.807, 2.05) is 0 Å². The number of rotatable bonds is 1. The molecular formula is C12H14N2O3. The third-order valence-electron chi connectivity index (χ3n) is 2.99. The van der Waals surface area contributed by atoms with Gasteiger partial charge in [0, 0.05) is 19.7 Å². The topological polar surface area (TPSA) is 60.9 Å². The van der Waals surface area contributed by atoms with Gasteiger partial charge in [0.1, 0.15) is 11.8 Å². The van der Waals surface area contributed by atoms with Crippen LogP contribution in [0.2, 0.25) is 0 Å². The summed E-state index contributed by atoms with van der Waals surface area (Å²) in [6, 6.07) is 5.84. The Morgan fingerprint density at radius 2 is 1.88 bits per heavy atom. The van der Waals surface area contributed by atoms with Crippen LogP contribution in [-0.4, -0.2) is 47.4 Å². The lowest BCUT2D eigenvalue weighted by molar-refractivity contribution is -0.153. The molecule has 0 radical (unpaired) electrons. The maximum Gasteiger partial charge on any atom is 0.250 e. The van der Waals surface area contributed by atoms with Crippen LogP contribution in [0.4, 0.5) is 0 Å². The molecule has 1 aliphatic rings. The lowest BCUT2D eigenvalue weighted by Crippen LogP contribution is -2.52. The van der Waals surface area contributed by atoms with Gasteiger partial charge >= 0.3 is 0 Å². The number of piperazine rings is 1. The lowest BCUT2D eigenvalue weighted by atomic mass is 10.0. The van der Waals surface area contributed by atoms with Crippen LogP contribution in [0, 0.1) is 0 Å². The lowest BCUT2D eigenvalue weighted by Gasteiger charge is -2.36. The molecule has 17 heavy (non-hydrogen) atoms. The number of para-hydroxylation sites is 1. The number of nitrogens with zero attached hydrogens (tertiary/aromatic N) is 2. The molecule has 0 unspecified atom stereocenters. The van der Waals surface area contributed by atoms with E-state index in [2.05, 4.69) is 0 Å². The van der Waals surface area contributed by atoms with Crippen LogP contribution < -0.4 is 0 Å². The van der Waals surface area contributed by atoms with Gasteiger partial charge in [-0.3, -0.25) is 9.59 Å². The summed E-state index contributed by atoms with van der Waals surface area (Å²) in [5.74, 6) is -0.297. The van der Waals surface area contributed by atoms with Crippen LogP contribution in [0.5, 0.6) is 5.75 Å². The normalized spacial score (nSPS) is 20.9. The second-order valence-corrected chi connectivity index (χ2v) is 4.16. The van der Waals surface area contributed by atoms with Gasteiger partial charge in [0.2, 0.25) is 11.8 Å². The van der Waals surface area contributed by atoms with Crippen molar-refractivity contribution in [2.24, 2.45) is 0 Å². The second-order valence-electron chi connectivity index (χ2n) is 4.16.